The van der Waals surface area contributed by atoms with E-state index in [1.54, 1.807) is 0 Å². The lowest BCUT2D eigenvalue weighted by Crippen LogP contribution is -2.40. The zero-order valence-corrected chi connectivity index (χ0v) is 11.3. The van der Waals surface area contributed by atoms with Crippen LogP contribution in [0.3, 0.4) is 0 Å². The number of halogens is 1. The molecule has 2 rings (SSSR count). The van der Waals surface area contributed by atoms with Crippen LogP contribution >= 0.6 is 11.6 Å². The van der Waals surface area contributed by atoms with Crippen molar-refractivity contribution in [3.05, 3.63) is 34.3 Å². The highest BCUT2D eigenvalue weighted by Crippen LogP contribution is 2.20. The minimum Gasteiger partial charge on any atom is -0.480 e. The standard InChI is InChI=1S/C14H18ClNO2/c1-10-4-5-11(8-12(10)15)9-13(14(17)18)16-6-2-3-7-16/h4-5,8,13H,2-3,6-7,9H2,1H3,(H,17,18)/t13-/m1/s1. The fourth-order valence-electron chi connectivity index (χ4n) is 2.41. The Morgan fingerprint density at radius 3 is 2.67 bits per heavy atom. The van der Waals surface area contributed by atoms with E-state index in [1.165, 1.54) is 0 Å². The maximum absolute atomic E-state index is 11.4. The van der Waals surface area contributed by atoms with Crippen molar-refractivity contribution in [3.8, 4) is 0 Å². The second-order valence-electron chi connectivity index (χ2n) is 4.88. The van der Waals surface area contributed by atoms with E-state index in [-0.39, 0.29) is 0 Å². The summed E-state index contributed by atoms with van der Waals surface area (Å²) in [5.41, 5.74) is 2.01. The van der Waals surface area contributed by atoms with E-state index in [9.17, 15) is 9.90 Å². The smallest absolute Gasteiger partial charge is 0.321 e. The van der Waals surface area contributed by atoms with Gasteiger partial charge in [-0.05, 0) is 56.5 Å². The molecular weight excluding hydrogens is 250 g/mol. The number of rotatable bonds is 4. The predicted molar refractivity (Wildman–Crippen MR) is 72.1 cm³/mol. The molecule has 98 valence electrons. The Morgan fingerprint density at radius 1 is 1.44 bits per heavy atom. The first-order chi connectivity index (χ1) is 8.58. The highest BCUT2D eigenvalue weighted by atomic mass is 35.5. The average molecular weight is 268 g/mol. The summed E-state index contributed by atoms with van der Waals surface area (Å²) < 4.78 is 0. The van der Waals surface area contributed by atoms with Gasteiger partial charge in [0.05, 0.1) is 0 Å². The van der Waals surface area contributed by atoms with Crippen molar-refractivity contribution in [1.29, 1.82) is 0 Å². The van der Waals surface area contributed by atoms with Crippen LogP contribution in [0.25, 0.3) is 0 Å². The van der Waals surface area contributed by atoms with Gasteiger partial charge in [0.2, 0.25) is 0 Å². The molecule has 1 fully saturated rings. The van der Waals surface area contributed by atoms with Crippen LogP contribution in [0.1, 0.15) is 24.0 Å². The molecule has 1 atom stereocenters. The van der Waals surface area contributed by atoms with E-state index in [2.05, 4.69) is 4.90 Å². The summed E-state index contributed by atoms with van der Waals surface area (Å²) in [6.45, 7) is 3.72. The largest absolute Gasteiger partial charge is 0.480 e. The number of benzene rings is 1. The molecule has 1 N–H and O–H groups in total. The van der Waals surface area contributed by atoms with Crippen LogP contribution in [0, 0.1) is 6.92 Å². The fraction of sp³-hybridized carbons (Fsp3) is 0.500. The molecule has 0 bridgehead atoms. The first-order valence-electron chi connectivity index (χ1n) is 6.30. The summed E-state index contributed by atoms with van der Waals surface area (Å²) in [5, 5.41) is 10.1. The molecule has 0 radical (unpaired) electrons. The number of aliphatic carboxylic acids is 1. The Kier molecular flexibility index (Phi) is 4.25. The summed E-state index contributed by atoms with van der Waals surface area (Å²) in [5.74, 6) is -0.742. The van der Waals surface area contributed by atoms with E-state index in [1.807, 2.05) is 25.1 Å². The minimum atomic E-state index is -0.742. The highest BCUT2D eigenvalue weighted by Gasteiger charge is 2.27. The maximum atomic E-state index is 11.4. The van der Waals surface area contributed by atoms with Crippen molar-refractivity contribution in [2.45, 2.75) is 32.2 Å². The van der Waals surface area contributed by atoms with Gasteiger partial charge in [0.1, 0.15) is 6.04 Å². The quantitative estimate of drug-likeness (QED) is 0.912. The molecule has 0 amide bonds. The maximum Gasteiger partial charge on any atom is 0.321 e. The number of likely N-dealkylation sites (tertiary alicyclic amines) is 1. The molecule has 1 aromatic carbocycles. The lowest BCUT2D eigenvalue weighted by molar-refractivity contribution is -0.142. The zero-order chi connectivity index (χ0) is 13.1. The molecule has 0 unspecified atom stereocenters. The molecule has 1 aliphatic rings. The molecule has 0 saturated carbocycles. The summed E-state index contributed by atoms with van der Waals surface area (Å²) in [7, 11) is 0. The molecular formula is C14H18ClNO2. The molecule has 1 heterocycles. The van der Waals surface area contributed by atoms with Gasteiger partial charge >= 0.3 is 5.97 Å². The van der Waals surface area contributed by atoms with Gasteiger partial charge in [0.25, 0.3) is 0 Å². The average Bonchev–Trinajstić information content (AvgIpc) is 2.83. The summed E-state index contributed by atoms with van der Waals surface area (Å²) >= 11 is 6.08. The topological polar surface area (TPSA) is 40.5 Å². The molecule has 1 aliphatic heterocycles. The van der Waals surface area contributed by atoms with Gasteiger partial charge in [0, 0.05) is 5.02 Å². The monoisotopic (exact) mass is 267 g/mol. The second kappa shape index (κ2) is 5.72. The van der Waals surface area contributed by atoms with E-state index in [0.29, 0.717) is 11.4 Å². The Balaban J connectivity index is 2.12. The predicted octanol–water partition coefficient (Wildman–Crippen LogP) is 2.74. The van der Waals surface area contributed by atoms with Gasteiger partial charge in [-0.3, -0.25) is 9.69 Å². The first kappa shape index (κ1) is 13.4. The van der Waals surface area contributed by atoms with Gasteiger partial charge in [-0.1, -0.05) is 23.7 Å². The van der Waals surface area contributed by atoms with Crippen molar-refractivity contribution in [2.24, 2.45) is 0 Å². The molecule has 1 aromatic rings. The number of aryl methyl sites for hydroxylation is 1. The summed E-state index contributed by atoms with van der Waals surface area (Å²) in [6.07, 6.45) is 2.71. The number of nitrogens with zero attached hydrogens (tertiary/aromatic N) is 1. The van der Waals surface area contributed by atoms with Crippen molar-refractivity contribution >= 4 is 17.6 Å². The van der Waals surface area contributed by atoms with Crippen LogP contribution in [0.4, 0.5) is 0 Å². The van der Waals surface area contributed by atoms with Crippen LogP contribution in [-0.2, 0) is 11.2 Å². The van der Waals surface area contributed by atoms with Crippen LogP contribution in [0.2, 0.25) is 5.02 Å². The molecule has 3 nitrogen and oxygen atoms in total. The number of hydrogen-bond acceptors (Lipinski definition) is 2. The normalized spacial score (nSPS) is 17.9. The van der Waals surface area contributed by atoms with Gasteiger partial charge < -0.3 is 5.11 Å². The van der Waals surface area contributed by atoms with Crippen LogP contribution < -0.4 is 0 Å². The van der Waals surface area contributed by atoms with Crippen LogP contribution in [-0.4, -0.2) is 35.1 Å². The number of carboxylic acid groups (broad SMARTS) is 1. The van der Waals surface area contributed by atoms with Gasteiger partial charge in [-0.2, -0.15) is 0 Å². The lowest BCUT2D eigenvalue weighted by atomic mass is 10.0. The van der Waals surface area contributed by atoms with Crippen molar-refractivity contribution in [2.75, 3.05) is 13.1 Å². The first-order valence-corrected chi connectivity index (χ1v) is 6.67. The summed E-state index contributed by atoms with van der Waals surface area (Å²) in [6, 6.07) is 5.36. The Morgan fingerprint density at radius 2 is 2.11 bits per heavy atom. The number of carboxylic acids is 1. The Labute approximate surface area is 112 Å². The third kappa shape index (κ3) is 3.03. The van der Waals surface area contributed by atoms with Gasteiger partial charge in [-0.15, -0.1) is 0 Å². The van der Waals surface area contributed by atoms with Crippen molar-refractivity contribution in [1.82, 2.24) is 4.90 Å². The zero-order valence-electron chi connectivity index (χ0n) is 10.5. The van der Waals surface area contributed by atoms with Crippen LogP contribution in [0.5, 0.6) is 0 Å². The van der Waals surface area contributed by atoms with Gasteiger partial charge in [0.15, 0.2) is 0 Å². The minimum absolute atomic E-state index is 0.425. The SMILES string of the molecule is Cc1ccc(C[C@H](C(=O)O)N2CCCC2)cc1Cl. The summed E-state index contributed by atoms with van der Waals surface area (Å²) in [4.78, 5) is 13.4. The highest BCUT2D eigenvalue weighted by molar-refractivity contribution is 6.31. The lowest BCUT2D eigenvalue weighted by Gasteiger charge is -2.23. The Bertz CT molecular complexity index is 441. The molecule has 0 aromatic heterocycles. The van der Waals surface area contributed by atoms with Gasteiger partial charge in [-0.25, -0.2) is 0 Å². The molecule has 0 spiro atoms. The third-order valence-electron chi connectivity index (χ3n) is 3.53. The van der Waals surface area contributed by atoms with E-state index < -0.39 is 12.0 Å². The number of carbonyl (C=O) groups is 1. The van der Waals surface area contributed by atoms with E-state index in [4.69, 9.17) is 11.6 Å². The molecule has 4 heteroatoms. The fourth-order valence-corrected chi connectivity index (χ4v) is 2.62. The molecule has 1 saturated heterocycles. The van der Waals surface area contributed by atoms with Crippen molar-refractivity contribution < 1.29 is 9.90 Å². The van der Waals surface area contributed by atoms with E-state index in [0.717, 1.165) is 37.1 Å². The second-order valence-corrected chi connectivity index (χ2v) is 5.29. The number of hydrogen-bond donors (Lipinski definition) is 1. The molecule has 18 heavy (non-hydrogen) atoms. The van der Waals surface area contributed by atoms with Crippen LogP contribution in [0.15, 0.2) is 18.2 Å². The van der Waals surface area contributed by atoms with Crippen molar-refractivity contribution in [3.63, 3.8) is 0 Å². The molecule has 0 aliphatic carbocycles. The Hall–Kier alpha value is -1.06. The van der Waals surface area contributed by atoms with E-state index >= 15 is 0 Å². The third-order valence-corrected chi connectivity index (χ3v) is 3.94.